The Hall–Kier alpha value is -3.26. The van der Waals surface area contributed by atoms with Gasteiger partial charge < -0.3 is 39.0 Å². The molecule has 2 unspecified atom stereocenters. The number of nitrogens with zero attached hydrogens (tertiary/aromatic N) is 1. The number of likely N-dealkylation sites (tertiary alicyclic amines) is 1. The first-order chi connectivity index (χ1) is 48.3. The van der Waals surface area contributed by atoms with Crippen LogP contribution in [-0.2, 0) is 52.5 Å². The van der Waals surface area contributed by atoms with Crippen molar-refractivity contribution in [1.29, 1.82) is 0 Å². The fourth-order valence-corrected chi connectivity index (χ4v) is 15.0. The Morgan fingerprint density at radius 2 is 0.737 bits per heavy atom. The van der Waals surface area contributed by atoms with E-state index in [1.54, 1.807) is 0 Å². The predicted molar refractivity (Wildman–Crippen MR) is 407 cm³/mol. The van der Waals surface area contributed by atoms with Gasteiger partial charge in [0.1, 0.15) is 24.4 Å². The SMILES string of the molecule is CCCCCCCCCCC[C@H](CC(=O)NC1[C@@H](OC(=O)C[C@@H](CCCCCCCCCCC)OC(=O)CCCCCCCCC)[C@H](C)C(CO)C[C@H]1OC[C@@H]1CCCN1C(=O)C[C@@H](CCCCCCCCCCC)OC(=O)CCCCCCCCC)OC(=O)CCCCCCCCC. The minimum Gasteiger partial charge on any atom is -0.462 e. The molecule has 1 aliphatic carbocycles. The smallest absolute Gasteiger partial charge is 0.309 e. The van der Waals surface area contributed by atoms with Crippen LogP contribution < -0.4 is 5.32 Å². The van der Waals surface area contributed by atoms with Crippen molar-refractivity contribution >= 4 is 35.7 Å². The lowest BCUT2D eigenvalue weighted by Crippen LogP contribution is -2.61. The molecular weight excluding hydrogens is 1240 g/mol. The number of rotatable bonds is 69. The van der Waals surface area contributed by atoms with E-state index in [1.807, 2.05) is 11.8 Å². The fraction of sp³-hybridized carbons (Fsp3) is 0.929. The van der Waals surface area contributed by atoms with Crippen molar-refractivity contribution in [3.05, 3.63) is 0 Å². The molecule has 99 heavy (non-hydrogen) atoms. The zero-order chi connectivity index (χ0) is 72.0. The second-order valence-electron chi connectivity index (χ2n) is 30.8. The van der Waals surface area contributed by atoms with E-state index in [2.05, 4.69) is 46.9 Å². The van der Waals surface area contributed by atoms with Crippen LogP contribution in [0, 0.1) is 11.8 Å². The van der Waals surface area contributed by atoms with E-state index >= 15 is 0 Å². The van der Waals surface area contributed by atoms with E-state index in [-0.39, 0.29) is 74.2 Å². The van der Waals surface area contributed by atoms with E-state index in [4.69, 9.17) is 23.7 Å². The highest BCUT2D eigenvalue weighted by atomic mass is 16.6. The Labute approximate surface area is 608 Å². The number of hydrogen-bond acceptors (Lipinski definition) is 12. The Bertz CT molecular complexity index is 1950. The zero-order valence-electron chi connectivity index (χ0n) is 65.6. The van der Waals surface area contributed by atoms with Crippen LogP contribution in [-0.4, -0.2) is 108 Å². The molecule has 2 fully saturated rings. The fourth-order valence-electron chi connectivity index (χ4n) is 15.0. The number of esters is 4. The normalized spacial score (nSPS) is 18.6. The molecule has 0 aromatic heterocycles. The molecule has 1 saturated heterocycles. The van der Waals surface area contributed by atoms with Gasteiger partial charge in [-0.2, -0.15) is 0 Å². The Morgan fingerprint density at radius 1 is 0.414 bits per heavy atom. The van der Waals surface area contributed by atoms with Gasteiger partial charge in [-0.1, -0.05) is 318 Å². The molecule has 1 saturated carbocycles. The summed E-state index contributed by atoms with van der Waals surface area (Å²) in [5.74, 6) is -2.50. The lowest BCUT2D eigenvalue weighted by molar-refractivity contribution is -0.173. The lowest BCUT2D eigenvalue weighted by Gasteiger charge is -2.45. The minimum absolute atomic E-state index is 0.0625. The summed E-state index contributed by atoms with van der Waals surface area (Å²) in [6.07, 6.45) is 54.9. The van der Waals surface area contributed by atoms with Crippen molar-refractivity contribution in [1.82, 2.24) is 10.2 Å². The third kappa shape index (κ3) is 48.4. The molecule has 14 nitrogen and oxygen atoms in total. The van der Waals surface area contributed by atoms with Crippen molar-refractivity contribution in [2.24, 2.45) is 11.8 Å². The van der Waals surface area contributed by atoms with Crippen LogP contribution in [0.1, 0.15) is 434 Å². The zero-order valence-corrected chi connectivity index (χ0v) is 65.6. The van der Waals surface area contributed by atoms with Crippen LogP contribution in [0.3, 0.4) is 0 Å². The van der Waals surface area contributed by atoms with Gasteiger partial charge in [0.05, 0.1) is 44.1 Å². The minimum atomic E-state index is -0.927. The van der Waals surface area contributed by atoms with Crippen molar-refractivity contribution in [3.63, 3.8) is 0 Å². The van der Waals surface area contributed by atoms with Gasteiger partial charge in [0.25, 0.3) is 0 Å². The van der Waals surface area contributed by atoms with Gasteiger partial charge in [-0.05, 0) is 83.0 Å². The van der Waals surface area contributed by atoms with E-state index in [0.717, 1.165) is 148 Å². The molecule has 2 amide bonds. The topological polar surface area (TPSA) is 184 Å². The number of aliphatic hydroxyl groups is 1. The first-order valence-electron chi connectivity index (χ1n) is 42.9. The molecule has 14 heteroatoms. The van der Waals surface area contributed by atoms with Gasteiger partial charge in [-0.3, -0.25) is 28.8 Å². The average Bonchev–Trinajstić information content (AvgIpc) is 1.01. The predicted octanol–water partition coefficient (Wildman–Crippen LogP) is 22.5. The first-order valence-corrected chi connectivity index (χ1v) is 42.9. The van der Waals surface area contributed by atoms with Gasteiger partial charge in [-0.25, -0.2) is 0 Å². The maximum absolute atomic E-state index is 14.9. The molecule has 2 N–H and O–H groups in total. The summed E-state index contributed by atoms with van der Waals surface area (Å²) in [6.45, 7) is 15.8. The summed E-state index contributed by atoms with van der Waals surface area (Å²) in [7, 11) is 0. The van der Waals surface area contributed by atoms with Crippen molar-refractivity contribution in [3.8, 4) is 0 Å². The molecule has 0 aromatic rings. The van der Waals surface area contributed by atoms with Gasteiger partial charge >= 0.3 is 23.9 Å². The number of carbonyl (C=O) groups is 6. The van der Waals surface area contributed by atoms with Crippen molar-refractivity contribution < 1.29 is 57.6 Å². The Balaban J connectivity index is 2.49. The monoisotopic (exact) mass is 1400 g/mol. The molecule has 580 valence electrons. The number of nitrogens with one attached hydrogen (secondary N) is 1. The molecule has 0 radical (unpaired) electrons. The number of unbranched alkanes of at least 4 members (excludes halogenated alkanes) is 42. The summed E-state index contributed by atoms with van der Waals surface area (Å²) in [5.41, 5.74) is 0. The van der Waals surface area contributed by atoms with Gasteiger partial charge in [0.2, 0.25) is 11.8 Å². The molecule has 1 aliphatic heterocycles. The quantitative estimate of drug-likeness (QED) is 0.0334. The number of aliphatic hydroxyl groups excluding tert-OH is 1. The largest absolute Gasteiger partial charge is 0.462 e. The summed E-state index contributed by atoms with van der Waals surface area (Å²) in [6, 6.07) is -1.14. The lowest BCUT2D eigenvalue weighted by atomic mass is 9.74. The molecule has 2 rings (SSSR count). The first kappa shape index (κ1) is 91.8. The third-order valence-electron chi connectivity index (χ3n) is 21.5. The molecule has 9 atom stereocenters. The van der Waals surface area contributed by atoms with Crippen LogP contribution in [0.15, 0.2) is 0 Å². The highest BCUT2D eigenvalue weighted by Gasteiger charge is 2.47. The van der Waals surface area contributed by atoms with Gasteiger partial charge in [0.15, 0.2) is 0 Å². The summed E-state index contributed by atoms with van der Waals surface area (Å²) in [4.78, 5) is 86.8. The maximum atomic E-state index is 14.9. The van der Waals surface area contributed by atoms with Crippen LogP contribution in [0.4, 0.5) is 0 Å². The number of ether oxygens (including phenoxy) is 5. The molecule has 2 aliphatic rings. The average molecular weight is 1400 g/mol. The van der Waals surface area contributed by atoms with Crippen molar-refractivity contribution in [2.75, 3.05) is 19.8 Å². The number of hydrogen-bond donors (Lipinski definition) is 2. The molecule has 0 spiro atoms. The second kappa shape index (κ2) is 64.4. The molecular formula is C85H158N2O12. The number of carbonyl (C=O) groups excluding carboxylic acids is 6. The third-order valence-corrected chi connectivity index (χ3v) is 21.5. The van der Waals surface area contributed by atoms with Gasteiger partial charge in [-0.15, -0.1) is 0 Å². The van der Waals surface area contributed by atoms with Gasteiger partial charge in [0, 0.05) is 38.3 Å². The van der Waals surface area contributed by atoms with E-state index < -0.39 is 48.4 Å². The van der Waals surface area contributed by atoms with Crippen molar-refractivity contribution in [2.45, 2.75) is 476 Å². The highest BCUT2D eigenvalue weighted by molar-refractivity contribution is 5.79. The summed E-state index contributed by atoms with van der Waals surface area (Å²) < 4.78 is 32.2. The van der Waals surface area contributed by atoms with Crippen LogP contribution >= 0.6 is 0 Å². The number of amides is 2. The van der Waals surface area contributed by atoms with Crippen LogP contribution in [0.2, 0.25) is 0 Å². The Morgan fingerprint density at radius 3 is 1.09 bits per heavy atom. The molecule has 0 bridgehead atoms. The Kier molecular flexibility index (Phi) is 59.7. The maximum Gasteiger partial charge on any atom is 0.309 e. The molecule has 0 aromatic carbocycles. The summed E-state index contributed by atoms with van der Waals surface area (Å²) in [5, 5.41) is 14.4. The van der Waals surface area contributed by atoms with E-state index in [0.29, 0.717) is 57.9 Å². The summed E-state index contributed by atoms with van der Waals surface area (Å²) >= 11 is 0. The highest BCUT2D eigenvalue weighted by Crippen LogP contribution is 2.36. The van der Waals surface area contributed by atoms with E-state index in [9.17, 15) is 33.9 Å². The van der Waals surface area contributed by atoms with Crippen LogP contribution in [0.25, 0.3) is 0 Å². The molecule has 1 heterocycles. The standard InChI is InChI=1S/C85H158N2O12/c1-8-14-20-26-32-35-41-44-50-58-74(96-80(91)61-53-47-38-29-23-17-11-4)66-78(89)86-84-77(95-70-73-57-56-64-87(73)79(90)67-75(59-51-45-42-36-33-27-21-15-9-2)97-81(92)62-54-48-39-30-24-18-12-5)65-72(69-88)71(7)85(84)99-83(94)68-76(60-52-46-43-37-34-28-22-16-10-3)98-82(93)63-55-49-40-31-25-19-13-6/h71-77,84-85,88H,8-70H2,1-7H3,(H,86,89)/t71-,72?,73+,74-,75-,76-,77-,84?,85+/m1/s1. The van der Waals surface area contributed by atoms with Crippen LogP contribution in [0.5, 0.6) is 0 Å². The van der Waals surface area contributed by atoms with E-state index in [1.165, 1.54) is 167 Å². The second-order valence-corrected chi connectivity index (χ2v) is 30.8.